The number of anilines is 1. The van der Waals surface area contributed by atoms with Crippen LogP contribution in [0.4, 0.5) is 5.69 Å². The smallest absolute Gasteiger partial charge is 0.331 e. The molecule has 0 aliphatic carbocycles. The second kappa shape index (κ2) is 10.8. The average Bonchev–Trinajstić information content (AvgIpc) is 2.73. The molecule has 0 fully saturated rings. The van der Waals surface area contributed by atoms with Gasteiger partial charge in [0.05, 0.1) is 26.5 Å². The van der Waals surface area contributed by atoms with Crippen LogP contribution in [0.5, 0.6) is 17.2 Å². The van der Waals surface area contributed by atoms with Crippen molar-refractivity contribution < 1.29 is 28.5 Å². The number of hydrogen-bond donors (Lipinski definition) is 1. The maximum atomic E-state index is 12.3. The van der Waals surface area contributed by atoms with E-state index in [1.807, 2.05) is 6.92 Å². The lowest BCUT2D eigenvalue weighted by Gasteiger charge is -2.14. The molecule has 2 rings (SSSR count). The molecule has 2 aromatic rings. The van der Waals surface area contributed by atoms with Crippen LogP contribution in [0.2, 0.25) is 0 Å². The Morgan fingerprint density at radius 1 is 1.03 bits per heavy atom. The van der Waals surface area contributed by atoms with Gasteiger partial charge >= 0.3 is 5.97 Å². The molecule has 154 valence electrons. The zero-order valence-corrected chi connectivity index (χ0v) is 16.9. The van der Waals surface area contributed by atoms with Crippen LogP contribution in [0, 0.1) is 0 Å². The first-order valence-corrected chi connectivity index (χ1v) is 9.11. The highest BCUT2D eigenvalue weighted by Gasteiger charge is 2.18. The standard InChI is InChI=1S/C22H25NO6/c1-5-28-19-12-10-16(14-20(19)27-4)11-13-21(24)29-15(2)22(25)23-17-8-6-7-9-18(17)26-3/h6-15H,5H2,1-4H3,(H,23,25)/b13-11+/t15-/m1/s1. The fourth-order valence-electron chi connectivity index (χ4n) is 2.48. The summed E-state index contributed by atoms with van der Waals surface area (Å²) in [6, 6.07) is 12.3. The first-order valence-electron chi connectivity index (χ1n) is 9.11. The van der Waals surface area contributed by atoms with Gasteiger partial charge in [-0.1, -0.05) is 18.2 Å². The molecule has 0 saturated heterocycles. The summed E-state index contributed by atoms with van der Waals surface area (Å²) in [5, 5.41) is 2.68. The van der Waals surface area contributed by atoms with Gasteiger partial charge in [0, 0.05) is 6.08 Å². The Bertz CT molecular complexity index is 877. The first kappa shape index (κ1) is 21.8. The normalized spacial score (nSPS) is 11.6. The van der Waals surface area contributed by atoms with Gasteiger partial charge in [0.1, 0.15) is 5.75 Å². The van der Waals surface area contributed by atoms with Gasteiger partial charge in [0.25, 0.3) is 5.91 Å². The van der Waals surface area contributed by atoms with Crippen LogP contribution in [0.25, 0.3) is 6.08 Å². The molecule has 0 spiro atoms. The molecule has 0 aliphatic heterocycles. The number of carbonyl (C=O) groups excluding carboxylic acids is 2. The predicted octanol–water partition coefficient (Wildman–Crippen LogP) is 3.69. The molecule has 0 heterocycles. The van der Waals surface area contributed by atoms with Crippen LogP contribution in [-0.4, -0.2) is 38.8 Å². The Hall–Kier alpha value is -3.48. The molecule has 0 aromatic heterocycles. The van der Waals surface area contributed by atoms with Gasteiger partial charge in [0.2, 0.25) is 0 Å². The van der Waals surface area contributed by atoms with E-state index in [1.165, 1.54) is 20.1 Å². The summed E-state index contributed by atoms with van der Waals surface area (Å²) in [4.78, 5) is 24.3. The molecule has 2 aromatic carbocycles. The zero-order chi connectivity index (χ0) is 21.2. The largest absolute Gasteiger partial charge is 0.495 e. The van der Waals surface area contributed by atoms with Crippen molar-refractivity contribution in [3.63, 3.8) is 0 Å². The molecule has 0 saturated carbocycles. The van der Waals surface area contributed by atoms with Crippen LogP contribution >= 0.6 is 0 Å². The number of esters is 1. The van der Waals surface area contributed by atoms with E-state index < -0.39 is 18.0 Å². The summed E-state index contributed by atoms with van der Waals surface area (Å²) in [5.41, 5.74) is 1.23. The lowest BCUT2D eigenvalue weighted by Crippen LogP contribution is -2.29. The molecule has 0 radical (unpaired) electrons. The van der Waals surface area contributed by atoms with E-state index in [4.69, 9.17) is 18.9 Å². The highest BCUT2D eigenvalue weighted by atomic mass is 16.5. The van der Waals surface area contributed by atoms with E-state index in [0.29, 0.717) is 29.5 Å². The summed E-state index contributed by atoms with van der Waals surface area (Å²) in [6.07, 6.45) is 1.85. The van der Waals surface area contributed by atoms with E-state index in [9.17, 15) is 9.59 Å². The van der Waals surface area contributed by atoms with Crippen LogP contribution in [0.3, 0.4) is 0 Å². The first-order chi connectivity index (χ1) is 14.0. The Morgan fingerprint density at radius 2 is 1.76 bits per heavy atom. The predicted molar refractivity (Wildman–Crippen MR) is 110 cm³/mol. The molecule has 29 heavy (non-hydrogen) atoms. The van der Waals surface area contributed by atoms with Crippen molar-refractivity contribution in [1.82, 2.24) is 0 Å². The van der Waals surface area contributed by atoms with Crippen LogP contribution in [0.1, 0.15) is 19.4 Å². The quantitative estimate of drug-likeness (QED) is 0.512. The maximum absolute atomic E-state index is 12.3. The molecule has 7 nitrogen and oxygen atoms in total. The fraction of sp³-hybridized carbons (Fsp3) is 0.273. The fourth-order valence-corrected chi connectivity index (χ4v) is 2.48. The molecule has 1 amide bonds. The molecule has 1 atom stereocenters. The van der Waals surface area contributed by atoms with Crippen LogP contribution in [0.15, 0.2) is 48.5 Å². The minimum Gasteiger partial charge on any atom is -0.495 e. The molecule has 0 bridgehead atoms. The van der Waals surface area contributed by atoms with E-state index >= 15 is 0 Å². The van der Waals surface area contributed by atoms with Crippen molar-refractivity contribution in [3.05, 3.63) is 54.1 Å². The number of nitrogens with one attached hydrogen (secondary N) is 1. The number of carbonyl (C=O) groups is 2. The second-order valence-electron chi connectivity index (χ2n) is 5.95. The second-order valence-corrected chi connectivity index (χ2v) is 5.95. The van der Waals surface area contributed by atoms with Crippen molar-refractivity contribution in [3.8, 4) is 17.2 Å². The summed E-state index contributed by atoms with van der Waals surface area (Å²) in [7, 11) is 3.05. The van der Waals surface area contributed by atoms with E-state index in [-0.39, 0.29) is 0 Å². The van der Waals surface area contributed by atoms with Gasteiger partial charge in [0.15, 0.2) is 17.6 Å². The Kier molecular flexibility index (Phi) is 8.09. The van der Waals surface area contributed by atoms with E-state index in [0.717, 1.165) is 5.56 Å². The third-order valence-corrected chi connectivity index (χ3v) is 3.93. The number of para-hydroxylation sites is 2. The van der Waals surface area contributed by atoms with E-state index in [1.54, 1.807) is 55.7 Å². The lowest BCUT2D eigenvalue weighted by molar-refractivity contribution is -0.148. The molecule has 0 unspecified atom stereocenters. The molecule has 7 heteroatoms. The zero-order valence-electron chi connectivity index (χ0n) is 16.9. The SMILES string of the molecule is CCOc1ccc(/C=C/C(=O)O[C@H](C)C(=O)Nc2ccccc2OC)cc1OC. The number of ether oxygens (including phenoxy) is 4. The summed E-state index contributed by atoms with van der Waals surface area (Å²) in [6.45, 7) is 3.90. The molecular weight excluding hydrogens is 374 g/mol. The average molecular weight is 399 g/mol. The van der Waals surface area contributed by atoms with Crippen molar-refractivity contribution in [1.29, 1.82) is 0 Å². The van der Waals surface area contributed by atoms with Crippen molar-refractivity contribution in [2.75, 3.05) is 26.1 Å². The van der Waals surface area contributed by atoms with Crippen molar-refractivity contribution in [2.24, 2.45) is 0 Å². The van der Waals surface area contributed by atoms with Crippen LogP contribution < -0.4 is 19.5 Å². The van der Waals surface area contributed by atoms with Gasteiger partial charge in [-0.05, 0) is 49.8 Å². The van der Waals surface area contributed by atoms with Crippen molar-refractivity contribution in [2.45, 2.75) is 20.0 Å². The van der Waals surface area contributed by atoms with Gasteiger partial charge in [-0.15, -0.1) is 0 Å². The Balaban J connectivity index is 1.96. The maximum Gasteiger partial charge on any atom is 0.331 e. The highest BCUT2D eigenvalue weighted by Crippen LogP contribution is 2.28. The third kappa shape index (κ3) is 6.27. The van der Waals surface area contributed by atoms with Gasteiger partial charge in [-0.25, -0.2) is 4.79 Å². The number of hydrogen-bond acceptors (Lipinski definition) is 6. The van der Waals surface area contributed by atoms with Gasteiger partial charge in [-0.3, -0.25) is 4.79 Å². The Labute approximate surface area is 170 Å². The summed E-state index contributed by atoms with van der Waals surface area (Å²) in [5.74, 6) is 0.603. The molecular formula is C22H25NO6. The van der Waals surface area contributed by atoms with Gasteiger partial charge < -0.3 is 24.3 Å². The van der Waals surface area contributed by atoms with Gasteiger partial charge in [-0.2, -0.15) is 0 Å². The van der Waals surface area contributed by atoms with Crippen molar-refractivity contribution >= 4 is 23.6 Å². The number of methoxy groups -OCH3 is 2. The topological polar surface area (TPSA) is 83.1 Å². The third-order valence-electron chi connectivity index (χ3n) is 3.93. The number of amides is 1. The Morgan fingerprint density at radius 3 is 2.45 bits per heavy atom. The summed E-state index contributed by atoms with van der Waals surface area (Å²) >= 11 is 0. The summed E-state index contributed by atoms with van der Waals surface area (Å²) < 4.78 is 21.1. The minimum atomic E-state index is -0.980. The molecule has 1 N–H and O–H groups in total. The lowest BCUT2D eigenvalue weighted by atomic mass is 10.2. The number of rotatable bonds is 9. The molecule has 0 aliphatic rings. The highest BCUT2D eigenvalue weighted by molar-refractivity contribution is 5.97. The van der Waals surface area contributed by atoms with E-state index in [2.05, 4.69) is 5.32 Å². The monoisotopic (exact) mass is 399 g/mol. The number of benzene rings is 2. The minimum absolute atomic E-state index is 0.459. The van der Waals surface area contributed by atoms with Crippen LogP contribution in [-0.2, 0) is 14.3 Å².